The highest BCUT2D eigenvalue weighted by molar-refractivity contribution is 6.12. The molecule has 0 aromatic heterocycles. The molecular formula is C25H23N3O4. The first kappa shape index (κ1) is 21.1. The number of nitrogens with zero attached hydrogens (tertiary/aromatic N) is 1. The van der Waals surface area contributed by atoms with Gasteiger partial charge in [0, 0.05) is 36.5 Å². The van der Waals surface area contributed by atoms with Crippen LogP contribution >= 0.6 is 0 Å². The molecular weight excluding hydrogens is 406 g/mol. The third-order valence-corrected chi connectivity index (χ3v) is 5.36. The summed E-state index contributed by atoms with van der Waals surface area (Å²) < 4.78 is 5.19. The number of benzene rings is 3. The standard InChI is InChI=1S/C25H23N3O4/c1-16(29)28-13-12-17-14-18(10-11-23(17)28)24(30)27-22-9-4-3-8-21(22)25(31)26-19-6-5-7-20(15-19)32-2/h3-11,14-15H,12-13H2,1-2H3,(H,26,31)(H,27,30). The number of nitrogens with one attached hydrogen (secondary N) is 2. The first-order chi connectivity index (χ1) is 15.5. The first-order valence-corrected chi connectivity index (χ1v) is 10.2. The fourth-order valence-electron chi connectivity index (χ4n) is 3.75. The van der Waals surface area contributed by atoms with Gasteiger partial charge in [-0.15, -0.1) is 0 Å². The number of amides is 3. The van der Waals surface area contributed by atoms with Crippen LogP contribution in [-0.4, -0.2) is 31.4 Å². The Morgan fingerprint density at radius 1 is 0.906 bits per heavy atom. The zero-order chi connectivity index (χ0) is 22.7. The molecule has 4 rings (SSSR count). The van der Waals surface area contributed by atoms with Crippen molar-refractivity contribution in [1.29, 1.82) is 0 Å². The van der Waals surface area contributed by atoms with Crippen molar-refractivity contribution in [3.63, 3.8) is 0 Å². The summed E-state index contributed by atoms with van der Waals surface area (Å²) >= 11 is 0. The molecule has 0 saturated carbocycles. The van der Waals surface area contributed by atoms with Crippen LogP contribution in [0, 0.1) is 0 Å². The first-order valence-electron chi connectivity index (χ1n) is 10.2. The lowest BCUT2D eigenvalue weighted by Gasteiger charge is -2.15. The van der Waals surface area contributed by atoms with Crippen molar-refractivity contribution in [3.8, 4) is 5.75 Å². The molecule has 0 aliphatic carbocycles. The third kappa shape index (κ3) is 4.32. The number of carbonyl (C=O) groups excluding carboxylic acids is 3. The smallest absolute Gasteiger partial charge is 0.257 e. The van der Waals surface area contributed by atoms with Crippen molar-refractivity contribution in [2.24, 2.45) is 0 Å². The van der Waals surface area contributed by atoms with Crippen LogP contribution in [0.15, 0.2) is 66.7 Å². The van der Waals surface area contributed by atoms with Gasteiger partial charge in [0.1, 0.15) is 5.75 Å². The van der Waals surface area contributed by atoms with Crippen LogP contribution in [0.3, 0.4) is 0 Å². The van der Waals surface area contributed by atoms with Gasteiger partial charge in [0.05, 0.1) is 18.4 Å². The number of carbonyl (C=O) groups is 3. The Morgan fingerprint density at radius 3 is 2.50 bits per heavy atom. The molecule has 0 fully saturated rings. The number of fused-ring (bicyclic) bond motifs is 1. The average molecular weight is 429 g/mol. The molecule has 3 aromatic carbocycles. The average Bonchev–Trinajstić information content (AvgIpc) is 3.23. The summed E-state index contributed by atoms with van der Waals surface area (Å²) in [7, 11) is 1.56. The van der Waals surface area contributed by atoms with Crippen molar-refractivity contribution in [3.05, 3.63) is 83.4 Å². The minimum absolute atomic E-state index is 0.0167. The lowest BCUT2D eigenvalue weighted by molar-refractivity contribution is -0.116. The number of rotatable bonds is 5. The molecule has 0 saturated heterocycles. The van der Waals surface area contributed by atoms with Gasteiger partial charge in [-0.05, 0) is 54.4 Å². The van der Waals surface area contributed by atoms with Gasteiger partial charge in [0.2, 0.25) is 5.91 Å². The van der Waals surface area contributed by atoms with Gasteiger partial charge in [0.25, 0.3) is 11.8 Å². The summed E-state index contributed by atoms with van der Waals surface area (Å²) in [4.78, 5) is 39.2. The quantitative estimate of drug-likeness (QED) is 0.639. The van der Waals surface area contributed by atoms with E-state index in [9.17, 15) is 14.4 Å². The van der Waals surface area contributed by atoms with Crippen LogP contribution in [-0.2, 0) is 11.2 Å². The second-order valence-corrected chi connectivity index (χ2v) is 7.45. The summed E-state index contributed by atoms with van der Waals surface area (Å²) in [6, 6.07) is 19.2. The minimum Gasteiger partial charge on any atom is -0.497 e. The van der Waals surface area contributed by atoms with Crippen molar-refractivity contribution in [1.82, 2.24) is 0 Å². The number of ether oxygens (including phenoxy) is 1. The van der Waals surface area contributed by atoms with Gasteiger partial charge in [-0.25, -0.2) is 0 Å². The maximum absolute atomic E-state index is 12.9. The summed E-state index contributed by atoms with van der Waals surface area (Å²) in [5, 5.41) is 5.66. The molecule has 3 aromatic rings. The van der Waals surface area contributed by atoms with Crippen molar-refractivity contribution in [2.45, 2.75) is 13.3 Å². The Kier molecular flexibility index (Phi) is 5.89. The number of para-hydroxylation sites is 1. The maximum atomic E-state index is 12.9. The number of anilines is 3. The zero-order valence-electron chi connectivity index (χ0n) is 17.8. The SMILES string of the molecule is COc1cccc(NC(=O)c2ccccc2NC(=O)c2ccc3c(c2)CCN3C(C)=O)c1. The molecule has 1 aliphatic rings. The van der Waals surface area contributed by atoms with Crippen LogP contribution < -0.4 is 20.3 Å². The van der Waals surface area contributed by atoms with E-state index in [0.29, 0.717) is 41.2 Å². The van der Waals surface area contributed by atoms with Crippen molar-refractivity contribution in [2.75, 3.05) is 29.2 Å². The van der Waals surface area contributed by atoms with E-state index in [-0.39, 0.29) is 17.7 Å². The predicted octanol–water partition coefficient (Wildman–Crippen LogP) is 4.11. The monoisotopic (exact) mass is 429 g/mol. The van der Waals surface area contributed by atoms with Crippen LogP contribution in [0.5, 0.6) is 5.75 Å². The summed E-state index contributed by atoms with van der Waals surface area (Å²) in [6.45, 7) is 2.15. The van der Waals surface area contributed by atoms with E-state index in [0.717, 1.165) is 11.3 Å². The number of hydrogen-bond acceptors (Lipinski definition) is 4. The van der Waals surface area contributed by atoms with E-state index < -0.39 is 0 Å². The molecule has 7 nitrogen and oxygen atoms in total. The van der Waals surface area contributed by atoms with Gasteiger partial charge >= 0.3 is 0 Å². The Hall–Kier alpha value is -4.13. The Labute approximate surface area is 186 Å². The predicted molar refractivity (Wildman–Crippen MR) is 124 cm³/mol. The second kappa shape index (κ2) is 8.93. The van der Waals surface area contributed by atoms with E-state index in [1.807, 2.05) is 0 Å². The fourth-order valence-corrected chi connectivity index (χ4v) is 3.75. The Balaban J connectivity index is 1.52. The molecule has 3 amide bonds. The second-order valence-electron chi connectivity index (χ2n) is 7.45. The maximum Gasteiger partial charge on any atom is 0.257 e. The molecule has 1 aliphatic heterocycles. The number of methoxy groups -OCH3 is 1. The molecule has 1 heterocycles. The molecule has 0 bridgehead atoms. The van der Waals surface area contributed by atoms with E-state index in [4.69, 9.17) is 4.74 Å². The van der Waals surface area contributed by atoms with Gasteiger partial charge in [0.15, 0.2) is 0 Å². The number of hydrogen-bond donors (Lipinski definition) is 2. The van der Waals surface area contributed by atoms with E-state index in [1.54, 1.807) is 78.7 Å². The normalized spacial score (nSPS) is 12.1. The van der Waals surface area contributed by atoms with Gasteiger partial charge < -0.3 is 20.3 Å². The van der Waals surface area contributed by atoms with Crippen LogP contribution in [0.2, 0.25) is 0 Å². The third-order valence-electron chi connectivity index (χ3n) is 5.36. The van der Waals surface area contributed by atoms with Crippen LogP contribution in [0.4, 0.5) is 17.1 Å². The highest BCUT2D eigenvalue weighted by Gasteiger charge is 2.23. The topological polar surface area (TPSA) is 87.7 Å². The van der Waals surface area contributed by atoms with E-state index in [2.05, 4.69) is 10.6 Å². The fraction of sp³-hybridized carbons (Fsp3) is 0.160. The Morgan fingerprint density at radius 2 is 1.72 bits per heavy atom. The van der Waals surface area contributed by atoms with Gasteiger partial charge in [-0.1, -0.05) is 18.2 Å². The van der Waals surface area contributed by atoms with Crippen LogP contribution in [0.1, 0.15) is 33.2 Å². The Bertz CT molecular complexity index is 1210. The lowest BCUT2D eigenvalue weighted by Crippen LogP contribution is -2.25. The summed E-state index contributed by atoms with van der Waals surface area (Å²) in [6.07, 6.45) is 0.704. The minimum atomic E-state index is -0.347. The molecule has 0 unspecified atom stereocenters. The lowest BCUT2D eigenvalue weighted by atomic mass is 10.1. The van der Waals surface area contributed by atoms with Crippen molar-refractivity contribution >= 4 is 34.8 Å². The zero-order valence-corrected chi connectivity index (χ0v) is 17.8. The highest BCUT2D eigenvalue weighted by atomic mass is 16.5. The van der Waals surface area contributed by atoms with E-state index in [1.165, 1.54) is 6.92 Å². The van der Waals surface area contributed by atoms with Crippen LogP contribution in [0.25, 0.3) is 0 Å². The molecule has 0 spiro atoms. The van der Waals surface area contributed by atoms with E-state index >= 15 is 0 Å². The molecule has 2 N–H and O–H groups in total. The molecule has 0 atom stereocenters. The van der Waals surface area contributed by atoms with Gasteiger partial charge in [-0.3, -0.25) is 14.4 Å². The largest absolute Gasteiger partial charge is 0.497 e. The molecule has 7 heteroatoms. The molecule has 0 radical (unpaired) electrons. The summed E-state index contributed by atoms with van der Waals surface area (Å²) in [5.41, 5.74) is 3.60. The van der Waals surface area contributed by atoms with Gasteiger partial charge in [-0.2, -0.15) is 0 Å². The molecule has 162 valence electrons. The summed E-state index contributed by atoms with van der Waals surface area (Å²) in [5.74, 6) is -0.0582. The van der Waals surface area contributed by atoms with Crippen molar-refractivity contribution < 1.29 is 19.1 Å². The molecule has 32 heavy (non-hydrogen) atoms. The highest BCUT2D eigenvalue weighted by Crippen LogP contribution is 2.29.